The van der Waals surface area contributed by atoms with Crippen molar-refractivity contribution >= 4 is 0 Å². The van der Waals surface area contributed by atoms with E-state index in [9.17, 15) is 5.11 Å². The van der Waals surface area contributed by atoms with Crippen molar-refractivity contribution in [3.63, 3.8) is 0 Å². The highest BCUT2D eigenvalue weighted by Crippen LogP contribution is 2.13. The minimum atomic E-state index is -0.301. The maximum atomic E-state index is 9.75. The SMILES string of the molecule is Cc1c(CNCC(O)CC(C)C)cc(C#N)n1C. The van der Waals surface area contributed by atoms with E-state index in [0.717, 1.165) is 17.7 Å². The van der Waals surface area contributed by atoms with E-state index >= 15 is 0 Å². The highest BCUT2D eigenvalue weighted by Gasteiger charge is 2.10. The van der Waals surface area contributed by atoms with E-state index in [1.165, 1.54) is 0 Å². The number of hydrogen-bond donors (Lipinski definition) is 2. The fraction of sp³-hybridized carbons (Fsp3) is 0.643. The molecule has 1 unspecified atom stereocenters. The number of nitriles is 1. The number of aromatic nitrogens is 1. The van der Waals surface area contributed by atoms with Crippen LogP contribution in [-0.4, -0.2) is 22.3 Å². The lowest BCUT2D eigenvalue weighted by molar-refractivity contribution is 0.146. The van der Waals surface area contributed by atoms with Crippen LogP contribution in [0.4, 0.5) is 0 Å². The van der Waals surface area contributed by atoms with Gasteiger partial charge in [0.25, 0.3) is 0 Å². The van der Waals surface area contributed by atoms with Crippen molar-refractivity contribution in [3.05, 3.63) is 23.0 Å². The van der Waals surface area contributed by atoms with Crippen molar-refractivity contribution in [1.82, 2.24) is 9.88 Å². The van der Waals surface area contributed by atoms with Crippen LogP contribution < -0.4 is 5.32 Å². The number of nitrogens with zero attached hydrogens (tertiary/aromatic N) is 2. The zero-order valence-electron chi connectivity index (χ0n) is 11.7. The maximum absolute atomic E-state index is 9.75. The average Bonchev–Trinajstić information content (AvgIpc) is 2.56. The lowest BCUT2D eigenvalue weighted by atomic mass is 10.1. The zero-order chi connectivity index (χ0) is 13.7. The van der Waals surface area contributed by atoms with Crippen LogP contribution in [0.25, 0.3) is 0 Å². The van der Waals surface area contributed by atoms with Crippen LogP contribution in [0.15, 0.2) is 6.07 Å². The first-order chi connectivity index (χ1) is 8.45. The van der Waals surface area contributed by atoms with Crippen molar-refractivity contribution < 1.29 is 5.11 Å². The van der Waals surface area contributed by atoms with E-state index in [0.29, 0.717) is 24.7 Å². The van der Waals surface area contributed by atoms with Gasteiger partial charge in [-0.05, 0) is 30.9 Å². The van der Waals surface area contributed by atoms with Crippen molar-refractivity contribution in [2.24, 2.45) is 13.0 Å². The molecule has 0 saturated carbocycles. The number of aliphatic hydroxyl groups excluding tert-OH is 1. The van der Waals surface area contributed by atoms with Gasteiger partial charge in [0.05, 0.1) is 6.10 Å². The highest BCUT2D eigenvalue weighted by molar-refractivity contribution is 5.33. The van der Waals surface area contributed by atoms with E-state index in [-0.39, 0.29) is 6.10 Å². The summed E-state index contributed by atoms with van der Waals surface area (Å²) in [5.41, 5.74) is 2.88. The normalized spacial score (nSPS) is 12.7. The molecule has 0 bridgehead atoms. The van der Waals surface area contributed by atoms with Crippen LogP contribution in [0, 0.1) is 24.2 Å². The predicted octanol–water partition coefficient (Wildman–Crippen LogP) is 1.70. The Morgan fingerprint density at radius 1 is 1.50 bits per heavy atom. The molecule has 0 radical (unpaired) electrons. The second kappa shape index (κ2) is 6.58. The summed E-state index contributed by atoms with van der Waals surface area (Å²) in [4.78, 5) is 0. The molecule has 4 nitrogen and oxygen atoms in total. The number of aliphatic hydroxyl groups is 1. The minimum Gasteiger partial charge on any atom is -0.392 e. The minimum absolute atomic E-state index is 0.301. The topological polar surface area (TPSA) is 61.0 Å². The van der Waals surface area contributed by atoms with Gasteiger partial charge in [0.2, 0.25) is 0 Å². The van der Waals surface area contributed by atoms with Gasteiger partial charge in [-0.1, -0.05) is 13.8 Å². The Bertz CT molecular complexity index is 429. The summed E-state index contributed by atoms with van der Waals surface area (Å²) in [6, 6.07) is 4.07. The summed E-state index contributed by atoms with van der Waals surface area (Å²) in [6.07, 6.45) is 0.508. The van der Waals surface area contributed by atoms with Gasteiger partial charge in [-0.3, -0.25) is 0 Å². The van der Waals surface area contributed by atoms with E-state index in [4.69, 9.17) is 5.26 Å². The molecular weight excluding hydrogens is 226 g/mol. The molecule has 0 spiro atoms. The van der Waals surface area contributed by atoms with Crippen LogP contribution in [0.2, 0.25) is 0 Å². The molecular formula is C14H23N3O. The van der Waals surface area contributed by atoms with Gasteiger partial charge in [0.1, 0.15) is 11.8 Å². The number of hydrogen-bond acceptors (Lipinski definition) is 3. The number of nitrogens with one attached hydrogen (secondary N) is 1. The first kappa shape index (κ1) is 14.7. The Morgan fingerprint density at radius 3 is 2.67 bits per heavy atom. The summed E-state index contributed by atoms with van der Waals surface area (Å²) in [5, 5.41) is 21.9. The Balaban J connectivity index is 2.47. The number of rotatable bonds is 6. The largest absolute Gasteiger partial charge is 0.392 e. The Hall–Kier alpha value is -1.31. The first-order valence-corrected chi connectivity index (χ1v) is 6.39. The third kappa shape index (κ3) is 3.86. The summed E-state index contributed by atoms with van der Waals surface area (Å²) >= 11 is 0. The molecule has 1 aromatic heterocycles. The lowest BCUT2D eigenvalue weighted by Gasteiger charge is -2.13. The van der Waals surface area contributed by atoms with Gasteiger partial charge in [-0.2, -0.15) is 5.26 Å². The molecule has 0 aliphatic carbocycles. The molecule has 1 aromatic rings. The standard InChI is InChI=1S/C14H23N3O/c1-10(2)5-14(18)9-16-8-12-6-13(7-15)17(4)11(12)3/h6,10,14,16,18H,5,8-9H2,1-4H3. The summed E-state index contributed by atoms with van der Waals surface area (Å²) in [7, 11) is 1.89. The van der Waals surface area contributed by atoms with Gasteiger partial charge in [-0.15, -0.1) is 0 Å². The molecule has 2 N–H and O–H groups in total. The molecule has 100 valence electrons. The van der Waals surface area contributed by atoms with E-state index in [1.54, 1.807) is 0 Å². The second-order valence-corrected chi connectivity index (χ2v) is 5.23. The van der Waals surface area contributed by atoms with Crippen LogP contribution in [-0.2, 0) is 13.6 Å². The van der Waals surface area contributed by atoms with E-state index in [2.05, 4.69) is 25.2 Å². The molecule has 0 aliphatic rings. The van der Waals surface area contributed by atoms with Gasteiger partial charge in [0, 0.05) is 25.8 Å². The summed E-state index contributed by atoms with van der Waals surface area (Å²) < 4.78 is 1.89. The zero-order valence-corrected chi connectivity index (χ0v) is 11.7. The predicted molar refractivity (Wildman–Crippen MR) is 72.0 cm³/mol. The Kier molecular flexibility index (Phi) is 5.39. The van der Waals surface area contributed by atoms with Gasteiger partial charge >= 0.3 is 0 Å². The maximum Gasteiger partial charge on any atom is 0.120 e. The van der Waals surface area contributed by atoms with Gasteiger partial charge in [-0.25, -0.2) is 0 Å². The molecule has 4 heteroatoms. The molecule has 1 atom stereocenters. The molecule has 0 aromatic carbocycles. The molecule has 0 fully saturated rings. The monoisotopic (exact) mass is 249 g/mol. The van der Waals surface area contributed by atoms with Crippen LogP contribution >= 0.6 is 0 Å². The molecule has 1 heterocycles. The smallest absolute Gasteiger partial charge is 0.120 e. The van der Waals surface area contributed by atoms with Crippen LogP contribution in [0.1, 0.15) is 37.2 Å². The summed E-state index contributed by atoms with van der Waals surface area (Å²) in [5.74, 6) is 0.505. The Morgan fingerprint density at radius 2 is 2.17 bits per heavy atom. The van der Waals surface area contributed by atoms with Gasteiger partial charge in [0.15, 0.2) is 0 Å². The fourth-order valence-corrected chi connectivity index (χ4v) is 2.05. The molecule has 18 heavy (non-hydrogen) atoms. The fourth-order valence-electron chi connectivity index (χ4n) is 2.05. The summed E-state index contributed by atoms with van der Waals surface area (Å²) in [6.45, 7) is 7.49. The van der Waals surface area contributed by atoms with E-state index in [1.807, 2.05) is 24.6 Å². The second-order valence-electron chi connectivity index (χ2n) is 5.23. The lowest BCUT2D eigenvalue weighted by Crippen LogP contribution is -2.27. The first-order valence-electron chi connectivity index (χ1n) is 6.39. The Labute approximate surface area is 109 Å². The molecule has 0 amide bonds. The van der Waals surface area contributed by atoms with Crippen molar-refractivity contribution in [2.75, 3.05) is 6.54 Å². The molecule has 0 saturated heterocycles. The van der Waals surface area contributed by atoms with E-state index < -0.39 is 0 Å². The molecule has 1 rings (SSSR count). The quantitative estimate of drug-likeness (QED) is 0.806. The van der Waals surface area contributed by atoms with Crippen molar-refractivity contribution in [3.8, 4) is 6.07 Å². The van der Waals surface area contributed by atoms with Crippen LogP contribution in [0.5, 0.6) is 0 Å². The van der Waals surface area contributed by atoms with Crippen molar-refractivity contribution in [2.45, 2.75) is 39.8 Å². The molecule has 0 aliphatic heterocycles. The van der Waals surface area contributed by atoms with Crippen molar-refractivity contribution in [1.29, 1.82) is 5.26 Å². The highest BCUT2D eigenvalue weighted by atomic mass is 16.3. The third-order valence-electron chi connectivity index (χ3n) is 3.19. The van der Waals surface area contributed by atoms with Crippen LogP contribution in [0.3, 0.4) is 0 Å². The van der Waals surface area contributed by atoms with Gasteiger partial charge < -0.3 is 15.0 Å². The third-order valence-corrected chi connectivity index (χ3v) is 3.19. The average molecular weight is 249 g/mol.